The number of rotatable bonds is 4. The highest BCUT2D eigenvalue weighted by Crippen LogP contribution is 2.29. The number of alkyl halides is 3. The lowest BCUT2D eigenvalue weighted by Gasteiger charge is -2.13. The minimum atomic E-state index is -4.48. The van der Waals surface area contributed by atoms with Gasteiger partial charge in [0.2, 0.25) is 0 Å². The van der Waals surface area contributed by atoms with Crippen LogP contribution in [-0.4, -0.2) is 15.9 Å². The quantitative estimate of drug-likeness (QED) is 0.599. The standard InChI is InChI=1S/C20H15F4N3O2/c1-11-17(27-18(28)13-7-9-14(10-8-13)20(22,23)24)12(2)26-19(25-11)29-16-6-4-3-5-15(16)21/h3-10H,1-2H3,(H,27,28). The summed E-state index contributed by atoms with van der Waals surface area (Å²) in [7, 11) is 0. The number of amides is 1. The van der Waals surface area contributed by atoms with E-state index in [0.717, 1.165) is 24.3 Å². The second kappa shape index (κ2) is 7.86. The lowest BCUT2D eigenvalue weighted by atomic mass is 10.1. The second-order valence-corrected chi connectivity index (χ2v) is 6.11. The fourth-order valence-corrected chi connectivity index (χ4v) is 2.53. The number of hydrogen-bond acceptors (Lipinski definition) is 4. The van der Waals surface area contributed by atoms with Gasteiger partial charge in [-0.05, 0) is 50.2 Å². The third-order valence-electron chi connectivity index (χ3n) is 4.00. The predicted octanol–water partition coefficient (Wildman–Crippen LogP) is 5.30. The molecule has 9 heteroatoms. The van der Waals surface area contributed by atoms with Crippen LogP contribution in [0.4, 0.5) is 23.2 Å². The van der Waals surface area contributed by atoms with Crippen molar-refractivity contribution in [1.29, 1.82) is 0 Å². The summed E-state index contributed by atoms with van der Waals surface area (Å²) in [5.74, 6) is -1.24. The van der Waals surface area contributed by atoms with Crippen LogP contribution in [-0.2, 0) is 6.18 Å². The van der Waals surface area contributed by atoms with E-state index in [1.54, 1.807) is 19.9 Å². The van der Waals surface area contributed by atoms with Crippen LogP contribution in [0.1, 0.15) is 27.3 Å². The van der Waals surface area contributed by atoms with Crippen molar-refractivity contribution in [1.82, 2.24) is 9.97 Å². The van der Waals surface area contributed by atoms with Gasteiger partial charge in [0.15, 0.2) is 11.6 Å². The Morgan fingerprint density at radius 1 is 0.966 bits per heavy atom. The zero-order valence-electron chi connectivity index (χ0n) is 15.3. The highest BCUT2D eigenvalue weighted by molar-refractivity contribution is 6.04. The zero-order chi connectivity index (χ0) is 21.2. The largest absolute Gasteiger partial charge is 0.421 e. The normalized spacial score (nSPS) is 11.2. The Kier molecular flexibility index (Phi) is 5.49. The number of nitrogens with one attached hydrogen (secondary N) is 1. The van der Waals surface area contributed by atoms with E-state index >= 15 is 0 Å². The van der Waals surface area contributed by atoms with Gasteiger partial charge in [-0.15, -0.1) is 0 Å². The maximum atomic E-state index is 13.7. The number of aromatic nitrogens is 2. The van der Waals surface area contributed by atoms with Gasteiger partial charge in [0.05, 0.1) is 22.6 Å². The molecule has 0 unspecified atom stereocenters. The van der Waals surface area contributed by atoms with Gasteiger partial charge in [0, 0.05) is 5.56 Å². The molecule has 1 N–H and O–H groups in total. The molecule has 0 spiro atoms. The van der Waals surface area contributed by atoms with E-state index < -0.39 is 23.5 Å². The molecular formula is C20H15F4N3O2. The van der Waals surface area contributed by atoms with Crippen molar-refractivity contribution in [3.8, 4) is 11.8 Å². The Morgan fingerprint density at radius 3 is 2.10 bits per heavy atom. The first-order valence-electron chi connectivity index (χ1n) is 8.41. The molecule has 1 amide bonds. The van der Waals surface area contributed by atoms with Crippen molar-refractivity contribution < 1.29 is 27.1 Å². The molecule has 0 saturated heterocycles. The van der Waals surface area contributed by atoms with Gasteiger partial charge in [0.1, 0.15) is 0 Å². The van der Waals surface area contributed by atoms with Gasteiger partial charge in [-0.3, -0.25) is 4.79 Å². The number of benzene rings is 2. The van der Waals surface area contributed by atoms with Crippen LogP contribution < -0.4 is 10.1 Å². The smallest absolute Gasteiger partial charge is 0.416 e. The lowest BCUT2D eigenvalue weighted by molar-refractivity contribution is -0.137. The van der Waals surface area contributed by atoms with E-state index in [1.165, 1.54) is 18.2 Å². The van der Waals surface area contributed by atoms with Crippen molar-refractivity contribution in [2.24, 2.45) is 0 Å². The topological polar surface area (TPSA) is 64.1 Å². The Morgan fingerprint density at radius 2 is 1.55 bits per heavy atom. The molecule has 1 heterocycles. The second-order valence-electron chi connectivity index (χ2n) is 6.11. The van der Waals surface area contributed by atoms with E-state index in [4.69, 9.17) is 4.74 Å². The Balaban J connectivity index is 1.79. The first-order valence-corrected chi connectivity index (χ1v) is 8.41. The molecule has 3 aromatic rings. The van der Waals surface area contributed by atoms with Crippen molar-refractivity contribution >= 4 is 11.6 Å². The molecule has 3 rings (SSSR count). The summed E-state index contributed by atoms with van der Waals surface area (Å²) >= 11 is 0. The van der Waals surface area contributed by atoms with Crippen LogP contribution in [0.15, 0.2) is 48.5 Å². The van der Waals surface area contributed by atoms with Crippen LogP contribution in [0.2, 0.25) is 0 Å². The average molecular weight is 405 g/mol. The highest BCUT2D eigenvalue weighted by Gasteiger charge is 2.30. The van der Waals surface area contributed by atoms with E-state index in [1.807, 2.05) is 0 Å². The van der Waals surface area contributed by atoms with Crippen molar-refractivity contribution in [2.75, 3.05) is 5.32 Å². The SMILES string of the molecule is Cc1nc(Oc2ccccc2F)nc(C)c1NC(=O)c1ccc(C(F)(F)F)cc1. The fraction of sp³-hybridized carbons (Fsp3) is 0.150. The number of carbonyl (C=O) groups excluding carboxylic acids is 1. The molecule has 0 aliphatic heterocycles. The van der Waals surface area contributed by atoms with Gasteiger partial charge in [-0.25, -0.2) is 4.39 Å². The number of aryl methyl sites for hydroxylation is 2. The summed E-state index contributed by atoms with van der Waals surface area (Å²) < 4.78 is 57.0. The number of nitrogens with zero attached hydrogens (tertiary/aromatic N) is 2. The van der Waals surface area contributed by atoms with Gasteiger partial charge in [-0.1, -0.05) is 12.1 Å². The molecule has 0 atom stereocenters. The highest BCUT2D eigenvalue weighted by atomic mass is 19.4. The van der Waals surface area contributed by atoms with Gasteiger partial charge >= 0.3 is 12.2 Å². The summed E-state index contributed by atoms with van der Waals surface area (Å²) in [5.41, 5.74) is 0.187. The van der Waals surface area contributed by atoms with E-state index in [-0.39, 0.29) is 23.0 Å². The molecule has 0 radical (unpaired) electrons. The Bertz CT molecular complexity index is 1030. The van der Waals surface area contributed by atoms with E-state index in [2.05, 4.69) is 15.3 Å². The van der Waals surface area contributed by atoms with Crippen molar-refractivity contribution in [3.63, 3.8) is 0 Å². The third kappa shape index (κ3) is 4.68. The van der Waals surface area contributed by atoms with Crippen molar-refractivity contribution in [3.05, 3.63) is 76.9 Å². The maximum Gasteiger partial charge on any atom is 0.416 e. The number of para-hydroxylation sites is 1. The first kappa shape index (κ1) is 20.2. The molecule has 5 nitrogen and oxygen atoms in total. The molecule has 1 aromatic heterocycles. The number of ether oxygens (including phenoxy) is 1. The molecule has 29 heavy (non-hydrogen) atoms. The van der Waals surface area contributed by atoms with Crippen molar-refractivity contribution in [2.45, 2.75) is 20.0 Å². The number of anilines is 1. The van der Waals surface area contributed by atoms with Gasteiger partial charge < -0.3 is 10.1 Å². The minimum Gasteiger partial charge on any atom is -0.421 e. The predicted molar refractivity (Wildman–Crippen MR) is 97.4 cm³/mol. The van der Waals surface area contributed by atoms with Crippen LogP contribution in [0.5, 0.6) is 11.8 Å². The fourth-order valence-electron chi connectivity index (χ4n) is 2.53. The Hall–Kier alpha value is -3.49. The van der Waals surface area contributed by atoms with Gasteiger partial charge in [-0.2, -0.15) is 23.1 Å². The lowest BCUT2D eigenvalue weighted by Crippen LogP contribution is -2.16. The Labute approximate surface area is 163 Å². The molecular weight excluding hydrogens is 390 g/mol. The monoisotopic (exact) mass is 405 g/mol. The molecule has 150 valence electrons. The molecule has 0 fully saturated rings. The summed E-state index contributed by atoms with van der Waals surface area (Å²) in [6.45, 7) is 3.18. The van der Waals surface area contributed by atoms with Crippen LogP contribution >= 0.6 is 0 Å². The molecule has 0 aliphatic rings. The van der Waals surface area contributed by atoms with E-state index in [9.17, 15) is 22.4 Å². The number of carbonyl (C=O) groups is 1. The molecule has 0 bridgehead atoms. The minimum absolute atomic E-state index is 0.0449. The number of hydrogen-bond donors (Lipinski definition) is 1. The maximum absolute atomic E-state index is 13.7. The third-order valence-corrected chi connectivity index (χ3v) is 4.00. The molecule has 0 saturated carbocycles. The van der Waals surface area contributed by atoms with E-state index in [0.29, 0.717) is 11.4 Å². The summed E-state index contributed by atoms with van der Waals surface area (Å²) in [4.78, 5) is 20.6. The van der Waals surface area contributed by atoms with Gasteiger partial charge in [0.25, 0.3) is 5.91 Å². The summed E-state index contributed by atoms with van der Waals surface area (Å²) in [6, 6.07) is 9.48. The van der Waals surface area contributed by atoms with Crippen LogP contribution in [0.3, 0.4) is 0 Å². The molecule has 2 aromatic carbocycles. The number of halogens is 4. The van der Waals surface area contributed by atoms with Crippen LogP contribution in [0.25, 0.3) is 0 Å². The summed E-state index contributed by atoms with van der Waals surface area (Å²) in [6.07, 6.45) is -4.48. The average Bonchev–Trinajstić information content (AvgIpc) is 2.66. The molecule has 0 aliphatic carbocycles. The first-order chi connectivity index (χ1) is 13.6. The summed E-state index contributed by atoms with van der Waals surface area (Å²) in [5, 5.41) is 2.58. The zero-order valence-corrected chi connectivity index (χ0v) is 15.3. The van der Waals surface area contributed by atoms with Crippen LogP contribution in [0, 0.1) is 19.7 Å².